The second-order valence-electron chi connectivity index (χ2n) is 6.79. The van der Waals surface area contributed by atoms with Crippen LogP contribution in [0.4, 0.5) is 4.39 Å². The largest absolute Gasteiger partial charge is 0.444 e. The van der Waals surface area contributed by atoms with Crippen LogP contribution in [0.2, 0.25) is 0 Å². The highest BCUT2D eigenvalue weighted by Crippen LogP contribution is 2.24. The van der Waals surface area contributed by atoms with Crippen molar-refractivity contribution in [2.75, 3.05) is 0 Å². The van der Waals surface area contributed by atoms with E-state index in [9.17, 15) is 4.39 Å². The number of aryl methyl sites for hydroxylation is 1. The predicted octanol–water partition coefficient (Wildman–Crippen LogP) is 5.67. The molecule has 1 N–H and O–H groups in total. The molecule has 0 aliphatic carbocycles. The molecule has 1 unspecified atom stereocenters. The van der Waals surface area contributed by atoms with E-state index in [1.807, 2.05) is 18.2 Å². The van der Waals surface area contributed by atoms with Gasteiger partial charge in [0, 0.05) is 12.1 Å². The lowest BCUT2D eigenvalue weighted by Crippen LogP contribution is -2.22. The van der Waals surface area contributed by atoms with Crippen molar-refractivity contribution in [3.8, 4) is 11.5 Å². The van der Waals surface area contributed by atoms with E-state index in [2.05, 4.69) is 53.6 Å². The van der Waals surface area contributed by atoms with Crippen molar-refractivity contribution in [1.29, 1.82) is 0 Å². The third kappa shape index (κ3) is 4.18. The molecule has 0 spiro atoms. The molecule has 140 valence electrons. The minimum Gasteiger partial charge on any atom is -0.444 e. The summed E-state index contributed by atoms with van der Waals surface area (Å²) in [5, 5.41) is 3.57. The highest BCUT2D eigenvalue weighted by Gasteiger charge is 2.15. The molecular formula is C24H21FN2O. The number of halogens is 1. The summed E-state index contributed by atoms with van der Waals surface area (Å²) in [6.45, 7) is 2.62. The number of aromatic nitrogens is 1. The van der Waals surface area contributed by atoms with Crippen LogP contribution in [-0.4, -0.2) is 4.98 Å². The topological polar surface area (TPSA) is 38.1 Å². The van der Waals surface area contributed by atoms with Crippen LogP contribution < -0.4 is 5.32 Å². The van der Waals surface area contributed by atoms with Crippen LogP contribution in [0.15, 0.2) is 89.5 Å². The van der Waals surface area contributed by atoms with Gasteiger partial charge in [0.1, 0.15) is 12.1 Å². The molecule has 0 aliphatic heterocycles. The smallest absolute Gasteiger partial charge is 0.226 e. The second-order valence-corrected chi connectivity index (χ2v) is 6.79. The van der Waals surface area contributed by atoms with Crippen LogP contribution in [0.25, 0.3) is 11.5 Å². The molecule has 1 aromatic heterocycles. The summed E-state index contributed by atoms with van der Waals surface area (Å²) in [6.07, 6.45) is 1.62. The highest BCUT2D eigenvalue weighted by atomic mass is 19.1. The molecule has 0 amide bonds. The van der Waals surface area contributed by atoms with Crippen LogP contribution in [0, 0.1) is 12.7 Å². The Balaban J connectivity index is 1.54. The van der Waals surface area contributed by atoms with Gasteiger partial charge >= 0.3 is 0 Å². The van der Waals surface area contributed by atoms with E-state index >= 15 is 0 Å². The lowest BCUT2D eigenvalue weighted by Gasteiger charge is -2.19. The molecule has 0 saturated heterocycles. The van der Waals surface area contributed by atoms with Gasteiger partial charge in [0.15, 0.2) is 0 Å². The van der Waals surface area contributed by atoms with Gasteiger partial charge in [-0.15, -0.1) is 0 Å². The zero-order chi connectivity index (χ0) is 19.3. The monoisotopic (exact) mass is 372 g/mol. The van der Waals surface area contributed by atoms with Gasteiger partial charge in [0.05, 0.1) is 11.7 Å². The van der Waals surface area contributed by atoms with E-state index in [4.69, 9.17) is 4.42 Å². The Labute approximate surface area is 163 Å². The Morgan fingerprint density at radius 3 is 2.43 bits per heavy atom. The minimum atomic E-state index is -0.307. The SMILES string of the molecule is Cc1ccc(C(NCc2coc(-c3cccc(F)c3)n2)c2ccccc2)cc1. The van der Waals surface area contributed by atoms with Crippen LogP contribution in [0.1, 0.15) is 28.4 Å². The normalized spacial score (nSPS) is 12.1. The van der Waals surface area contributed by atoms with E-state index in [0.29, 0.717) is 18.0 Å². The molecule has 0 fully saturated rings. The van der Waals surface area contributed by atoms with Gasteiger partial charge in [-0.25, -0.2) is 9.37 Å². The van der Waals surface area contributed by atoms with Crippen molar-refractivity contribution in [3.63, 3.8) is 0 Å². The Hall–Kier alpha value is -3.24. The Morgan fingerprint density at radius 1 is 0.929 bits per heavy atom. The Kier molecular flexibility index (Phi) is 5.31. The zero-order valence-electron chi connectivity index (χ0n) is 15.6. The standard InChI is InChI=1S/C24H21FN2O/c1-17-10-12-19(13-11-17)23(18-6-3-2-4-7-18)26-15-22-16-28-24(27-22)20-8-5-9-21(25)14-20/h2-14,16,23,26H,15H2,1H3. The summed E-state index contributed by atoms with van der Waals surface area (Å²) in [7, 11) is 0. The Morgan fingerprint density at radius 2 is 1.68 bits per heavy atom. The first kappa shape index (κ1) is 18.1. The Bertz CT molecular complexity index is 1040. The first-order chi connectivity index (χ1) is 13.7. The number of nitrogens with one attached hydrogen (secondary N) is 1. The number of nitrogens with zero attached hydrogens (tertiary/aromatic N) is 1. The summed E-state index contributed by atoms with van der Waals surface area (Å²) in [5.74, 6) is 0.113. The van der Waals surface area contributed by atoms with E-state index in [-0.39, 0.29) is 11.9 Å². The maximum atomic E-state index is 13.4. The second kappa shape index (κ2) is 8.19. The molecule has 0 saturated carbocycles. The first-order valence-corrected chi connectivity index (χ1v) is 9.24. The quantitative estimate of drug-likeness (QED) is 0.474. The summed E-state index contributed by atoms with van der Waals surface area (Å²) < 4.78 is 19.0. The summed E-state index contributed by atoms with van der Waals surface area (Å²) in [5.41, 5.74) is 4.99. The van der Waals surface area contributed by atoms with Crippen LogP contribution in [0.3, 0.4) is 0 Å². The molecule has 1 heterocycles. The van der Waals surface area contributed by atoms with Gasteiger partial charge in [0.25, 0.3) is 0 Å². The van der Waals surface area contributed by atoms with Gasteiger partial charge in [0.2, 0.25) is 5.89 Å². The molecule has 3 nitrogen and oxygen atoms in total. The molecule has 3 aromatic carbocycles. The average molecular weight is 372 g/mol. The van der Waals surface area contributed by atoms with E-state index in [0.717, 1.165) is 5.69 Å². The first-order valence-electron chi connectivity index (χ1n) is 9.24. The summed E-state index contributed by atoms with van der Waals surface area (Å²) in [4.78, 5) is 4.50. The van der Waals surface area contributed by atoms with E-state index in [1.54, 1.807) is 18.4 Å². The lowest BCUT2D eigenvalue weighted by molar-refractivity contribution is 0.562. The van der Waals surface area contributed by atoms with Crippen molar-refractivity contribution in [3.05, 3.63) is 113 Å². The van der Waals surface area contributed by atoms with Gasteiger partial charge in [-0.3, -0.25) is 0 Å². The molecular weight excluding hydrogens is 351 g/mol. The van der Waals surface area contributed by atoms with Crippen molar-refractivity contribution in [2.24, 2.45) is 0 Å². The van der Waals surface area contributed by atoms with Crippen LogP contribution in [-0.2, 0) is 6.54 Å². The average Bonchev–Trinajstić information content (AvgIpc) is 3.19. The van der Waals surface area contributed by atoms with Crippen LogP contribution >= 0.6 is 0 Å². The van der Waals surface area contributed by atoms with E-state index in [1.165, 1.54) is 28.8 Å². The number of rotatable bonds is 6. The van der Waals surface area contributed by atoms with E-state index < -0.39 is 0 Å². The predicted molar refractivity (Wildman–Crippen MR) is 108 cm³/mol. The third-order valence-corrected chi connectivity index (χ3v) is 4.65. The molecule has 0 aliphatic rings. The fraction of sp³-hybridized carbons (Fsp3) is 0.125. The highest BCUT2D eigenvalue weighted by molar-refractivity contribution is 5.52. The lowest BCUT2D eigenvalue weighted by atomic mass is 9.98. The fourth-order valence-electron chi connectivity index (χ4n) is 3.18. The molecule has 4 rings (SSSR count). The van der Waals surface area contributed by atoms with Crippen molar-refractivity contribution in [1.82, 2.24) is 10.3 Å². The number of benzene rings is 3. The van der Waals surface area contributed by atoms with Crippen LogP contribution in [0.5, 0.6) is 0 Å². The maximum absolute atomic E-state index is 13.4. The van der Waals surface area contributed by atoms with Crippen molar-refractivity contribution >= 4 is 0 Å². The third-order valence-electron chi connectivity index (χ3n) is 4.65. The summed E-state index contributed by atoms with van der Waals surface area (Å²) in [6, 6.07) is 25.1. The number of hydrogen-bond donors (Lipinski definition) is 1. The summed E-state index contributed by atoms with van der Waals surface area (Å²) >= 11 is 0. The molecule has 4 aromatic rings. The van der Waals surface area contributed by atoms with Gasteiger partial charge < -0.3 is 9.73 Å². The van der Waals surface area contributed by atoms with Gasteiger partial charge in [-0.05, 0) is 36.2 Å². The number of hydrogen-bond acceptors (Lipinski definition) is 3. The molecule has 1 atom stereocenters. The maximum Gasteiger partial charge on any atom is 0.226 e. The molecule has 0 bridgehead atoms. The molecule has 4 heteroatoms. The number of oxazole rings is 1. The van der Waals surface area contributed by atoms with Crippen molar-refractivity contribution in [2.45, 2.75) is 19.5 Å². The molecule has 28 heavy (non-hydrogen) atoms. The van der Waals surface area contributed by atoms with Gasteiger partial charge in [-0.1, -0.05) is 66.2 Å². The van der Waals surface area contributed by atoms with Gasteiger partial charge in [-0.2, -0.15) is 0 Å². The minimum absolute atomic E-state index is 0.0381. The fourth-order valence-corrected chi connectivity index (χ4v) is 3.18. The zero-order valence-corrected chi connectivity index (χ0v) is 15.6. The molecule has 0 radical (unpaired) electrons. The van der Waals surface area contributed by atoms with Crippen molar-refractivity contribution < 1.29 is 8.81 Å².